The van der Waals surface area contributed by atoms with Gasteiger partial charge in [-0.3, -0.25) is 4.99 Å². The molecular formula is C22H25NO4. The van der Waals surface area contributed by atoms with Gasteiger partial charge >= 0.3 is 5.97 Å². The predicted octanol–water partition coefficient (Wildman–Crippen LogP) is 4.48. The zero-order valence-corrected chi connectivity index (χ0v) is 16.0. The molecule has 0 N–H and O–H groups in total. The zero-order chi connectivity index (χ0) is 19.2. The van der Waals surface area contributed by atoms with Crippen LogP contribution in [0, 0.1) is 0 Å². The van der Waals surface area contributed by atoms with Gasteiger partial charge in [-0.15, -0.1) is 0 Å². The van der Waals surface area contributed by atoms with E-state index in [0.29, 0.717) is 5.75 Å². The number of rotatable bonds is 6. The smallest absolute Gasteiger partial charge is 0.344 e. The van der Waals surface area contributed by atoms with Crippen LogP contribution in [0.1, 0.15) is 37.8 Å². The van der Waals surface area contributed by atoms with Crippen LogP contribution in [0.2, 0.25) is 0 Å². The Morgan fingerprint density at radius 3 is 2.52 bits per heavy atom. The van der Waals surface area contributed by atoms with Crippen molar-refractivity contribution in [2.75, 3.05) is 13.7 Å². The number of fused-ring (bicyclic) bond motifs is 1. The molecule has 0 bridgehead atoms. The van der Waals surface area contributed by atoms with E-state index in [1.54, 1.807) is 7.11 Å². The van der Waals surface area contributed by atoms with Crippen LogP contribution in [0.3, 0.4) is 0 Å². The summed E-state index contributed by atoms with van der Waals surface area (Å²) >= 11 is 0. The van der Waals surface area contributed by atoms with Crippen LogP contribution in [0.4, 0.5) is 5.69 Å². The van der Waals surface area contributed by atoms with Gasteiger partial charge < -0.3 is 14.2 Å². The Kier molecular flexibility index (Phi) is 6.12. The molecule has 2 aromatic carbocycles. The fourth-order valence-electron chi connectivity index (χ4n) is 3.08. The van der Waals surface area contributed by atoms with E-state index in [0.717, 1.165) is 42.0 Å². The molecule has 0 aliphatic heterocycles. The quantitative estimate of drug-likeness (QED) is 0.706. The third kappa shape index (κ3) is 5.09. The Morgan fingerprint density at radius 2 is 1.81 bits per heavy atom. The summed E-state index contributed by atoms with van der Waals surface area (Å²) in [6.07, 6.45) is 2.86. The van der Waals surface area contributed by atoms with Crippen molar-refractivity contribution in [3.05, 3.63) is 53.6 Å². The Hall–Kier alpha value is -2.82. The summed E-state index contributed by atoms with van der Waals surface area (Å²) in [4.78, 5) is 16.5. The maximum atomic E-state index is 11.7. The van der Waals surface area contributed by atoms with Gasteiger partial charge in [-0.05, 0) is 75.1 Å². The number of hydrogen-bond acceptors (Lipinski definition) is 5. The molecule has 5 nitrogen and oxygen atoms in total. The number of ether oxygens (including phenoxy) is 3. The highest BCUT2D eigenvalue weighted by Crippen LogP contribution is 2.28. The Bertz CT molecular complexity index is 825. The molecular weight excluding hydrogens is 342 g/mol. The maximum absolute atomic E-state index is 11.7. The lowest BCUT2D eigenvalue weighted by Gasteiger charge is -2.19. The zero-order valence-electron chi connectivity index (χ0n) is 16.0. The topological polar surface area (TPSA) is 57.1 Å². The fourth-order valence-corrected chi connectivity index (χ4v) is 3.08. The predicted molar refractivity (Wildman–Crippen MR) is 105 cm³/mol. The number of carbonyl (C=O) groups excluding carboxylic acids is 1. The van der Waals surface area contributed by atoms with Crippen LogP contribution in [0.15, 0.2) is 47.5 Å². The van der Waals surface area contributed by atoms with Crippen molar-refractivity contribution in [1.82, 2.24) is 0 Å². The minimum absolute atomic E-state index is 0.0953. The summed E-state index contributed by atoms with van der Waals surface area (Å²) in [5.74, 6) is 1.10. The first kappa shape index (κ1) is 19.0. The average molecular weight is 367 g/mol. The van der Waals surface area contributed by atoms with E-state index in [1.807, 2.05) is 50.2 Å². The van der Waals surface area contributed by atoms with Crippen LogP contribution in [0.25, 0.3) is 0 Å². The van der Waals surface area contributed by atoms with Gasteiger partial charge in [0.15, 0.2) is 6.61 Å². The highest BCUT2D eigenvalue weighted by molar-refractivity contribution is 6.04. The Morgan fingerprint density at radius 1 is 1.07 bits per heavy atom. The number of benzene rings is 2. The number of nitrogens with zero attached hydrogens (tertiary/aromatic N) is 1. The van der Waals surface area contributed by atoms with Crippen LogP contribution in [-0.2, 0) is 16.0 Å². The molecule has 5 heteroatoms. The van der Waals surface area contributed by atoms with Gasteiger partial charge in [0.1, 0.15) is 11.5 Å². The second-order valence-electron chi connectivity index (χ2n) is 6.76. The molecule has 1 aliphatic rings. The molecule has 27 heavy (non-hydrogen) atoms. The van der Waals surface area contributed by atoms with Gasteiger partial charge in [0.2, 0.25) is 0 Å². The standard InChI is InChI=1S/C22H25NO4/c1-15(2)27-22(24)14-26-19-10-7-16-5-4-6-21(20(16)13-19)23-17-8-11-18(25-3)12-9-17/h7-13,15H,4-6,14H2,1-3H3/b23-21+. The van der Waals surface area contributed by atoms with Crippen molar-refractivity contribution >= 4 is 17.4 Å². The maximum Gasteiger partial charge on any atom is 0.344 e. The molecule has 0 saturated carbocycles. The van der Waals surface area contributed by atoms with Crippen molar-refractivity contribution in [3.8, 4) is 11.5 Å². The largest absolute Gasteiger partial charge is 0.497 e. The van der Waals surface area contributed by atoms with Gasteiger partial charge in [-0.2, -0.15) is 0 Å². The van der Waals surface area contributed by atoms with Gasteiger partial charge in [-0.25, -0.2) is 4.79 Å². The first-order chi connectivity index (χ1) is 13.0. The molecule has 0 radical (unpaired) electrons. The number of hydrogen-bond donors (Lipinski definition) is 0. The molecule has 0 spiro atoms. The lowest BCUT2D eigenvalue weighted by molar-refractivity contribution is -0.149. The summed E-state index contributed by atoms with van der Waals surface area (Å²) in [6.45, 7) is 3.54. The van der Waals surface area contributed by atoms with E-state index in [2.05, 4.69) is 6.07 Å². The van der Waals surface area contributed by atoms with E-state index in [-0.39, 0.29) is 18.7 Å². The molecule has 2 aromatic rings. The molecule has 142 valence electrons. The lowest BCUT2D eigenvalue weighted by Crippen LogP contribution is -2.19. The van der Waals surface area contributed by atoms with Gasteiger partial charge in [0.25, 0.3) is 0 Å². The third-order valence-corrected chi connectivity index (χ3v) is 4.31. The second kappa shape index (κ2) is 8.71. The molecule has 0 atom stereocenters. The molecule has 1 aliphatic carbocycles. The number of aryl methyl sites for hydroxylation is 1. The summed E-state index contributed by atoms with van der Waals surface area (Å²) in [6, 6.07) is 13.6. The average Bonchev–Trinajstić information content (AvgIpc) is 2.67. The molecule has 3 rings (SSSR count). The van der Waals surface area contributed by atoms with Gasteiger partial charge in [0.05, 0.1) is 18.9 Å². The Labute approximate surface area is 160 Å². The summed E-state index contributed by atoms with van der Waals surface area (Å²) in [5, 5.41) is 0. The van der Waals surface area contributed by atoms with Crippen LogP contribution < -0.4 is 9.47 Å². The highest BCUT2D eigenvalue weighted by atomic mass is 16.6. The molecule has 0 saturated heterocycles. The molecule has 0 unspecified atom stereocenters. The van der Waals surface area contributed by atoms with E-state index < -0.39 is 0 Å². The monoisotopic (exact) mass is 367 g/mol. The van der Waals surface area contributed by atoms with Crippen molar-refractivity contribution in [2.45, 2.75) is 39.2 Å². The van der Waals surface area contributed by atoms with Crippen molar-refractivity contribution in [1.29, 1.82) is 0 Å². The summed E-state index contributed by atoms with van der Waals surface area (Å²) < 4.78 is 15.9. The number of aliphatic imine (C=N–C) groups is 1. The van der Waals surface area contributed by atoms with Gasteiger partial charge in [-0.1, -0.05) is 6.07 Å². The molecule has 0 fully saturated rings. The van der Waals surface area contributed by atoms with Crippen LogP contribution in [0.5, 0.6) is 11.5 Å². The SMILES string of the molecule is COc1ccc(/N=C2\CCCc3ccc(OCC(=O)OC(C)C)cc32)cc1. The lowest BCUT2D eigenvalue weighted by atomic mass is 9.90. The molecule has 0 amide bonds. The first-order valence-corrected chi connectivity index (χ1v) is 9.22. The third-order valence-electron chi connectivity index (χ3n) is 4.31. The summed E-state index contributed by atoms with van der Waals surface area (Å²) in [7, 11) is 1.65. The second-order valence-corrected chi connectivity index (χ2v) is 6.76. The first-order valence-electron chi connectivity index (χ1n) is 9.22. The Balaban J connectivity index is 1.78. The van der Waals surface area contributed by atoms with Gasteiger partial charge in [0, 0.05) is 11.3 Å². The van der Waals surface area contributed by atoms with E-state index in [9.17, 15) is 4.79 Å². The van der Waals surface area contributed by atoms with Crippen molar-refractivity contribution in [3.63, 3.8) is 0 Å². The van der Waals surface area contributed by atoms with E-state index in [1.165, 1.54) is 5.56 Å². The molecule has 0 heterocycles. The fraction of sp³-hybridized carbons (Fsp3) is 0.364. The summed E-state index contributed by atoms with van der Waals surface area (Å²) in [5.41, 5.74) is 4.28. The minimum Gasteiger partial charge on any atom is -0.497 e. The normalized spacial score (nSPS) is 14.7. The number of methoxy groups -OCH3 is 1. The number of carbonyl (C=O) groups is 1. The van der Waals surface area contributed by atoms with E-state index >= 15 is 0 Å². The van der Waals surface area contributed by atoms with Crippen molar-refractivity contribution < 1.29 is 19.0 Å². The minimum atomic E-state index is -0.366. The van der Waals surface area contributed by atoms with Crippen LogP contribution in [-0.4, -0.2) is 31.5 Å². The highest BCUT2D eigenvalue weighted by Gasteiger charge is 2.17. The van der Waals surface area contributed by atoms with Crippen molar-refractivity contribution in [2.24, 2.45) is 4.99 Å². The number of esters is 1. The van der Waals surface area contributed by atoms with E-state index in [4.69, 9.17) is 19.2 Å². The molecule has 0 aromatic heterocycles. The van der Waals surface area contributed by atoms with Crippen LogP contribution >= 0.6 is 0 Å².